The van der Waals surface area contributed by atoms with E-state index in [1.807, 2.05) is 0 Å². The van der Waals surface area contributed by atoms with E-state index in [4.69, 9.17) is 4.74 Å². The van der Waals surface area contributed by atoms with Crippen LogP contribution in [0, 0.1) is 5.92 Å². The molecule has 0 aromatic heterocycles. The second-order valence-electron chi connectivity index (χ2n) is 8.42. The topological polar surface area (TPSA) is 92.8 Å². The Balaban J connectivity index is 1.63. The van der Waals surface area contributed by atoms with E-state index in [2.05, 4.69) is 12.2 Å². The minimum Gasteiger partial charge on any atom is -0.449 e. The van der Waals surface area contributed by atoms with Gasteiger partial charge in [-0.05, 0) is 56.7 Å². The van der Waals surface area contributed by atoms with Gasteiger partial charge in [0.2, 0.25) is 10.0 Å². The number of rotatable bonds is 6. The van der Waals surface area contributed by atoms with Crippen molar-refractivity contribution in [2.24, 2.45) is 5.92 Å². The number of piperidine rings is 1. The zero-order valence-corrected chi connectivity index (χ0v) is 18.6. The number of esters is 1. The van der Waals surface area contributed by atoms with Crippen LogP contribution in [0.1, 0.15) is 69.2 Å². The largest absolute Gasteiger partial charge is 0.449 e. The van der Waals surface area contributed by atoms with Crippen LogP contribution < -0.4 is 5.32 Å². The molecule has 1 aromatic carbocycles. The van der Waals surface area contributed by atoms with E-state index in [-0.39, 0.29) is 22.4 Å². The molecule has 7 nitrogen and oxygen atoms in total. The first kappa shape index (κ1) is 22.7. The lowest BCUT2D eigenvalue weighted by atomic mass is 9.86. The van der Waals surface area contributed by atoms with E-state index < -0.39 is 22.1 Å². The molecule has 0 radical (unpaired) electrons. The molecule has 0 bridgehead atoms. The molecular formula is C22H32N2O5S. The third kappa shape index (κ3) is 5.40. The number of hydrogen-bond donors (Lipinski definition) is 1. The number of amides is 1. The standard InChI is InChI=1S/C22H32N2O5S/c1-16-9-4-5-12-20(16)23-21(25)17(2)29-22(26)18-10-8-11-19(15-18)30(27,28)24-13-6-3-7-14-24/h8,10-11,15-17,20H,3-7,9,12-14H2,1-2H3,(H,23,25)/t16-,17-,20+/m0/s1. The van der Waals surface area contributed by atoms with Gasteiger partial charge in [-0.1, -0.05) is 32.3 Å². The summed E-state index contributed by atoms with van der Waals surface area (Å²) in [4.78, 5) is 25.1. The highest BCUT2D eigenvalue weighted by molar-refractivity contribution is 7.89. The molecule has 8 heteroatoms. The summed E-state index contributed by atoms with van der Waals surface area (Å²) < 4.78 is 32.5. The minimum atomic E-state index is -3.64. The van der Waals surface area contributed by atoms with Gasteiger partial charge in [0.15, 0.2) is 6.10 Å². The molecule has 1 aliphatic heterocycles. The molecule has 30 heavy (non-hydrogen) atoms. The Morgan fingerprint density at radius 1 is 1.10 bits per heavy atom. The maximum absolute atomic E-state index is 12.9. The van der Waals surface area contributed by atoms with Crippen molar-refractivity contribution in [3.63, 3.8) is 0 Å². The predicted octanol–water partition coefficient (Wildman–Crippen LogP) is 3.10. The maximum atomic E-state index is 12.9. The fourth-order valence-corrected chi connectivity index (χ4v) is 5.71. The lowest BCUT2D eigenvalue weighted by Crippen LogP contribution is -2.46. The normalized spacial score (nSPS) is 24.1. The summed E-state index contributed by atoms with van der Waals surface area (Å²) in [7, 11) is -3.64. The van der Waals surface area contributed by atoms with Gasteiger partial charge < -0.3 is 10.1 Å². The molecule has 1 heterocycles. The van der Waals surface area contributed by atoms with Crippen LogP contribution in [0.3, 0.4) is 0 Å². The van der Waals surface area contributed by atoms with Gasteiger partial charge in [-0.15, -0.1) is 0 Å². The Labute approximate surface area is 179 Å². The number of carbonyl (C=O) groups excluding carboxylic acids is 2. The Morgan fingerprint density at radius 2 is 1.80 bits per heavy atom. The van der Waals surface area contributed by atoms with Crippen molar-refractivity contribution in [2.75, 3.05) is 13.1 Å². The van der Waals surface area contributed by atoms with Crippen LogP contribution in [0.4, 0.5) is 0 Å². The van der Waals surface area contributed by atoms with Gasteiger partial charge in [0, 0.05) is 19.1 Å². The molecule has 2 fully saturated rings. The van der Waals surface area contributed by atoms with Gasteiger partial charge in [0.05, 0.1) is 10.5 Å². The lowest BCUT2D eigenvalue weighted by Gasteiger charge is -2.30. The molecule has 0 unspecified atom stereocenters. The van der Waals surface area contributed by atoms with Gasteiger partial charge in [-0.3, -0.25) is 4.79 Å². The molecule has 1 aliphatic carbocycles. The molecule has 1 saturated heterocycles. The van der Waals surface area contributed by atoms with Crippen molar-refractivity contribution < 1.29 is 22.7 Å². The van der Waals surface area contributed by atoms with Crippen LogP contribution in [0.2, 0.25) is 0 Å². The third-order valence-corrected chi connectivity index (χ3v) is 8.01. The van der Waals surface area contributed by atoms with E-state index in [1.54, 1.807) is 0 Å². The van der Waals surface area contributed by atoms with Crippen molar-refractivity contribution in [3.05, 3.63) is 29.8 Å². The zero-order chi connectivity index (χ0) is 21.7. The van der Waals surface area contributed by atoms with E-state index in [9.17, 15) is 18.0 Å². The van der Waals surface area contributed by atoms with Crippen LogP contribution in [-0.2, 0) is 19.6 Å². The van der Waals surface area contributed by atoms with E-state index >= 15 is 0 Å². The quantitative estimate of drug-likeness (QED) is 0.692. The van der Waals surface area contributed by atoms with Crippen LogP contribution >= 0.6 is 0 Å². The maximum Gasteiger partial charge on any atom is 0.338 e. The highest BCUT2D eigenvalue weighted by Gasteiger charge is 2.28. The number of sulfonamides is 1. The van der Waals surface area contributed by atoms with Crippen LogP contribution in [0.15, 0.2) is 29.2 Å². The van der Waals surface area contributed by atoms with Crippen molar-refractivity contribution in [1.82, 2.24) is 9.62 Å². The summed E-state index contributed by atoms with van der Waals surface area (Å²) in [5, 5.41) is 2.99. The third-order valence-electron chi connectivity index (χ3n) is 6.11. The van der Waals surface area contributed by atoms with E-state index in [0.717, 1.165) is 38.5 Å². The molecule has 1 aromatic rings. The smallest absolute Gasteiger partial charge is 0.338 e. The number of carbonyl (C=O) groups is 2. The number of ether oxygens (including phenoxy) is 1. The number of nitrogens with zero attached hydrogens (tertiary/aromatic N) is 1. The monoisotopic (exact) mass is 436 g/mol. The number of nitrogens with one attached hydrogen (secondary N) is 1. The van der Waals surface area contributed by atoms with Crippen molar-refractivity contribution >= 4 is 21.9 Å². The average molecular weight is 437 g/mol. The molecule has 1 saturated carbocycles. The highest BCUT2D eigenvalue weighted by Crippen LogP contribution is 2.24. The first-order valence-electron chi connectivity index (χ1n) is 10.9. The molecule has 166 valence electrons. The molecule has 0 spiro atoms. The fourth-order valence-electron chi connectivity index (χ4n) is 4.15. The molecule has 1 amide bonds. The Hall–Kier alpha value is -1.93. The van der Waals surface area contributed by atoms with E-state index in [1.165, 1.54) is 41.9 Å². The predicted molar refractivity (Wildman–Crippen MR) is 113 cm³/mol. The summed E-state index contributed by atoms with van der Waals surface area (Å²) in [6.07, 6.45) is 6.03. The molecule has 2 aliphatic rings. The lowest BCUT2D eigenvalue weighted by molar-refractivity contribution is -0.130. The summed E-state index contributed by atoms with van der Waals surface area (Å²) >= 11 is 0. The summed E-state index contributed by atoms with van der Waals surface area (Å²) in [6.45, 7) is 4.64. The number of hydrogen-bond acceptors (Lipinski definition) is 5. The van der Waals surface area contributed by atoms with Gasteiger partial charge in [-0.25, -0.2) is 13.2 Å². The first-order chi connectivity index (χ1) is 14.3. The minimum absolute atomic E-state index is 0.0759. The Kier molecular flexibility index (Phi) is 7.52. The summed E-state index contributed by atoms with van der Waals surface area (Å²) in [5.74, 6) is -0.619. The fraction of sp³-hybridized carbons (Fsp3) is 0.636. The van der Waals surface area contributed by atoms with E-state index in [0.29, 0.717) is 19.0 Å². The van der Waals surface area contributed by atoms with Gasteiger partial charge in [0.1, 0.15) is 0 Å². The second-order valence-corrected chi connectivity index (χ2v) is 10.4. The van der Waals surface area contributed by atoms with Crippen molar-refractivity contribution in [1.29, 1.82) is 0 Å². The Morgan fingerprint density at radius 3 is 2.50 bits per heavy atom. The summed E-state index contributed by atoms with van der Waals surface area (Å²) in [5.41, 5.74) is 0.124. The molecular weight excluding hydrogens is 404 g/mol. The van der Waals surface area contributed by atoms with Crippen LogP contribution in [-0.4, -0.2) is 49.8 Å². The first-order valence-corrected chi connectivity index (χ1v) is 12.3. The van der Waals surface area contributed by atoms with Gasteiger partial charge >= 0.3 is 5.97 Å². The summed E-state index contributed by atoms with van der Waals surface area (Å²) in [6, 6.07) is 5.96. The second kappa shape index (κ2) is 9.92. The van der Waals surface area contributed by atoms with Crippen molar-refractivity contribution in [3.8, 4) is 0 Å². The number of benzene rings is 1. The molecule has 1 N–H and O–H groups in total. The van der Waals surface area contributed by atoms with Crippen LogP contribution in [0.25, 0.3) is 0 Å². The average Bonchev–Trinajstić information content (AvgIpc) is 2.76. The molecule has 3 atom stereocenters. The van der Waals surface area contributed by atoms with Gasteiger partial charge in [-0.2, -0.15) is 4.31 Å². The van der Waals surface area contributed by atoms with Crippen LogP contribution in [0.5, 0.6) is 0 Å². The highest BCUT2D eigenvalue weighted by atomic mass is 32.2. The van der Waals surface area contributed by atoms with Gasteiger partial charge in [0.25, 0.3) is 5.91 Å². The Bertz CT molecular complexity index is 864. The molecule has 3 rings (SSSR count). The zero-order valence-electron chi connectivity index (χ0n) is 17.8. The SMILES string of the molecule is C[C@H](OC(=O)c1cccc(S(=O)(=O)N2CCCCC2)c1)C(=O)N[C@@H]1CCCC[C@@H]1C. The van der Waals surface area contributed by atoms with Crippen molar-refractivity contribution in [2.45, 2.75) is 75.8 Å².